The van der Waals surface area contributed by atoms with Gasteiger partial charge in [0.1, 0.15) is 18.3 Å². The molecule has 1 N–H and O–H groups in total. The molecule has 0 aromatic carbocycles. The highest BCUT2D eigenvalue weighted by Crippen LogP contribution is 2.40. The highest BCUT2D eigenvalue weighted by Gasteiger charge is 2.54. The Hall–Kier alpha value is 0.0169. The number of aliphatic hydroxyl groups is 1. The minimum atomic E-state index is -1.84. The quantitative estimate of drug-likeness (QED) is 0.810. The Morgan fingerprint density at radius 3 is 2.30 bits per heavy atom. The van der Waals surface area contributed by atoms with Gasteiger partial charge in [-0.1, -0.05) is 20.8 Å². The van der Waals surface area contributed by atoms with Crippen LogP contribution in [0.5, 0.6) is 0 Å². The minimum absolute atomic E-state index is 0.140. The topological polar surface area (TPSA) is 57.2 Å². The first-order valence-electron chi connectivity index (χ1n) is 7.26. The summed E-state index contributed by atoms with van der Waals surface area (Å²) < 4.78 is 23.1. The highest BCUT2D eigenvalue weighted by molar-refractivity contribution is 6.74. The first-order chi connectivity index (χ1) is 8.93. The van der Waals surface area contributed by atoms with Gasteiger partial charge in [-0.25, -0.2) is 0 Å². The van der Waals surface area contributed by atoms with Gasteiger partial charge in [0.05, 0.1) is 6.61 Å². The summed E-state index contributed by atoms with van der Waals surface area (Å²) in [5.41, 5.74) is 0. The van der Waals surface area contributed by atoms with E-state index < -0.39 is 32.6 Å². The van der Waals surface area contributed by atoms with E-state index in [-0.39, 0.29) is 11.1 Å². The van der Waals surface area contributed by atoms with Crippen LogP contribution in [0.2, 0.25) is 18.1 Å². The fraction of sp³-hybridized carbons (Fsp3) is 1.00. The van der Waals surface area contributed by atoms with Crippen molar-refractivity contribution >= 4 is 8.32 Å². The summed E-state index contributed by atoms with van der Waals surface area (Å²) in [6.45, 7) is 15.0. The molecule has 2 heterocycles. The van der Waals surface area contributed by atoms with Crippen molar-refractivity contribution in [1.82, 2.24) is 0 Å². The molecule has 0 amide bonds. The van der Waals surface area contributed by atoms with Crippen LogP contribution in [0.15, 0.2) is 0 Å². The minimum Gasteiger partial charge on any atom is -0.414 e. The summed E-state index contributed by atoms with van der Waals surface area (Å²) >= 11 is 0. The van der Waals surface area contributed by atoms with Crippen LogP contribution in [-0.4, -0.2) is 50.4 Å². The Balaban J connectivity index is 1.91. The number of aliphatic hydroxyl groups excluding tert-OH is 1. The molecule has 2 saturated heterocycles. The van der Waals surface area contributed by atoms with E-state index in [0.29, 0.717) is 6.61 Å². The molecule has 2 aliphatic heterocycles. The molecule has 0 aromatic heterocycles. The standard InChI is InChI=1S/C14H28O5Si/c1-13(2,3)20(6,7)16-8-9-10(15)11-12(17-9)19-14(4,5)18-11/h9-12,15H,8H2,1-7H3/t9-,10+,11-,12-/m1/s1. The molecule has 0 saturated carbocycles. The molecule has 0 radical (unpaired) electrons. The van der Waals surface area contributed by atoms with E-state index >= 15 is 0 Å². The van der Waals surface area contributed by atoms with Crippen LogP contribution in [0, 0.1) is 0 Å². The van der Waals surface area contributed by atoms with Crippen LogP contribution in [0.4, 0.5) is 0 Å². The first kappa shape index (κ1) is 16.4. The second-order valence-corrected chi connectivity index (χ2v) is 12.5. The number of rotatable bonds is 3. The fourth-order valence-electron chi connectivity index (χ4n) is 2.20. The van der Waals surface area contributed by atoms with Gasteiger partial charge in [0.2, 0.25) is 0 Å². The van der Waals surface area contributed by atoms with Crippen molar-refractivity contribution in [3.63, 3.8) is 0 Å². The lowest BCUT2D eigenvalue weighted by Crippen LogP contribution is -2.45. The number of fused-ring (bicyclic) bond motifs is 1. The molecule has 0 aromatic rings. The molecule has 0 spiro atoms. The lowest BCUT2D eigenvalue weighted by Gasteiger charge is -2.37. The van der Waals surface area contributed by atoms with Gasteiger partial charge in [0.25, 0.3) is 0 Å². The molecule has 20 heavy (non-hydrogen) atoms. The lowest BCUT2D eigenvalue weighted by molar-refractivity contribution is -0.217. The van der Waals surface area contributed by atoms with E-state index in [1.54, 1.807) is 0 Å². The fourth-order valence-corrected chi connectivity index (χ4v) is 3.22. The molecule has 2 aliphatic rings. The van der Waals surface area contributed by atoms with E-state index in [2.05, 4.69) is 33.9 Å². The number of hydrogen-bond acceptors (Lipinski definition) is 5. The zero-order valence-electron chi connectivity index (χ0n) is 13.6. The molecule has 0 bridgehead atoms. The van der Waals surface area contributed by atoms with Crippen molar-refractivity contribution in [2.75, 3.05) is 6.61 Å². The maximum Gasteiger partial charge on any atom is 0.192 e. The van der Waals surface area contributed by atoms with Crippen molar-refractivity contribution in [2.45, 2.75) is 83.1 Å². The largest absolute Gasteiger partial charge is 0.414 e. The van der Waals surface area contributed by atoms with E-state index in [1.807, 2.05) is 13.8 Å². The highest BCUT2D eigenvalue weighted by atomic mass is 28.4. The molecule has 4 atom stereocenters. The Morgan fingerprint density at radius 1 is 1.20 bits per heavy atom. The lowest BCUT2D eigenvalue weighted by atomic mass is 10.1. The van der Waals surface area contributed by atoms with E-state index in [1.165, 1.54) is 0 Å². The molecule has 0 aliphatic carbocycles. The maximum atomic E-state index is 10.3. The average molecular weight is 304 g/mol. The summed E-state index contributed by atoms with van der Waals surface area (Å²) in [6, 6.07) is 0. The summed E-state index contributed by atoms with van der Waals surface area (Å²) in [4.78, 5) is 0. The molecule has 2 rings (SSSR count). The molecular formula is C14H28O5Si. The smallest absolute Gasteiger partial charge is 0.192 e. The normalized spacial score (nSPS) is 37.2. The predicted octanol–water partition coefficient (Wildman–Crippen LogP) is 2.25. The summed E-state index contributed by atoms with van der Waals surface area (Å²) in [5, 5.41) is 10.4. The molecular weight excluding hydrogens is 276 g/mol. The molecule has 5 nitrogen and oxygen atoms in total. The number of ether oxygens (including phenoxy) is 3. The van der Waals surface area contributed by atoms with Gasteiger partial charge < -0.3 is 23.7 Å². The van der Waals surface area contributed by atoms with Crippen molar-refractivity contribution in [1.29, 1.82) is 0 Å². The predicted molar refractivity (Wildman–Crippen MR) is 77.9 cm³/mol. The van der Waals surface area contributed by atoms with Crippen molar-refractivity contribution in [3.05, 3.63) is 0 Å². The van der Waals surface area contributed by atoms with Crippen LogP contribution in [0.1, 0.15) is 34.6 Å². The van der Waals surface area contributed by atoms with Gasteiger partial charge in [-0.15, -0.1) is 0 Å². The molecule has 0 unspecified atom stereocenters. The Morgan fingerprint density at radius 2 is 1.80 bits per heavy atom. The maximum absolute atomic E-state index is 10.3. The van der Waals surface area contributed by atoms with E-state index in [4.69, 9.17) is 18.6 Å². The SMILES string of the molecule is CC1(C)O[C@H]2O[C@H](CO[Si](C)(C)C(C)(C)C)[C@H](O)[C@H]2O1. The third kappa shape index (κ3) is 3.10. The van der Waals surface area contributed by atoms with Crippen molar-refractivity contribution in [3.8, 4) is 0 Å². The third-order valence-electron chi connectivity index (χ3n) is 4.53. The molecule has 118 valence electrons. The monoisotopic (exact) mass is 304 g/mol. The van der Waals surface area contributed by atoms with Gasteiger partial charge in [-0.2, -0.15) is 0 Å². The van der Waals surface area contributed by atoms with Crippen LogP contribution < -0.4 is 0 Å². The van der Waals surface area contributed by atoms with Crippen LogP contribution in [0.3, 0.4) is 0 Å². The summed E-state index contributed by atoms with van der Waals surface area (Å²) in [6.07, 6.45) is -1.99. The number of hydrogen-bond donors (Lipinski definition) is 1. The second-order valence-electron chi connectivity index (χ2n) is 7.70. The van der Waals surface area contributed by atoms with Crippen LogP contribution >= 0.6 is 0 Å². The Bertz CT molecular complexity index is 363. The molecule has 6 heteroatoms. The van der Waals surface area contributed by atoms with E-state index in [0.717, 1.165) is 0 Å². The van der Waals surface area contributed by atoms with Gasteiger partial charge in [0, 0.05) is 0 Å². The summed E-state index contributed by atoms with van der Waals surface area (Å²) in [5.74, 6) is -0.693. The van der Waals surface area contributed by atoms with Crippen molar-refractivity contribution in [2.24, 2.45) is 0 Å². The zero-order chi connectivity index (χ0) is 15.3. The first-order valence-corrected chi connectivity index (χ1v) is 10.2. The Labute approximate surface area is 122 Å². The van der Waals surface area contributed by atoms with Gasteiger partial charge in [0.15, 0.2) is 20.4 Å². The average Bonchev–Trinajstić information content (AvgIpc) is 2.69. The third-order valence-corrected chi connectivity index (χ3v) is 9.03. The van der Waals surface area contributed by atoms with Crippen LogP contribution in [-0.2, 0) is 18.6 Å². The molecule has 2 fully saturated rings. The van der Waals surface area contributed by atoms with Crippen LogP contribution in [0.25, 0.3) is 0 Å². The second kappa shape index (κ2) is 5.03. The Kier molecular flexibility index (Phi) is 4.13. The zero-order valence-corrected chi connectivity index (χ0v) is 14.6. The van der Waals surface area contributed by atoms with Gasteiger partial charge in [-0.3, -0.25) is 0 Å². The van der Waals surface area contributed by atoms with Gasteiger partial charge >= 0.3 is 0 Å². The summed E-state index contributed by atoms with van der Waals surface area (Å²) in [7, 11) is -1.84. The van der Waals surface area contributed by atoms with Gasteiger partial charge in [-0.05, 0) is 32.0 Å². The van der Waals surface area contributed by atoms with E-state index in [9.17, 15) is 5.11 Å². The van der Waals surface area contributed by atoms with Crippen molar-refractivity contribution < 1.29 is 23.7 Å².